The molecule has 3 atom stereocenters. The summed E-state index contributed by atoms with van der Waals surface area (Å²) in [6.07, 6.45) is 5.70. The highest BCUT2D eigenvalue weighted by atomic mass is 16.5. The molecule has 0 spiro atoms. The van der Waals surface area contributed by atoms with E-state index in [0.29, 0.717) is 12.1 Å². The summed E-state index contributed by atoms with van der Waals surface area (Å²) in [5.41, 5.74) is -0.208. The summed E-state index contributed by atoms with van der Waals surface area (Å²) in [6, 6.07) is 0.929. The van der Waals surface area contributed by atoms with Crippen LogP contribution >= 0.6 is 0 Å². The van der Waals surface area contributed by atoms with Gasteiger partial charge in [-0.2, -0.15) is 0 Å². The largest absolute Gasteiger partial charge is 0.379 e. The molecule has 0 radical (unpaired) electrons. The van der Waals surface area contributed by atoms with Gasteiger partial charge in [0.05, 0.1) is 5.60 Å². The van der Waals surface area contributed by atoms with Crippen molar-refractivity contribution in [2.75, 3.05) is 20.2 Å². The molecule has 0 aromatic carbocycles. The highest BCUT2D eigenvalue weighted by Crippen LogP contribution is 2.27. The van der Waals surface area contributed by atoms with Gasteiger partial charge in [0.1, 0.15) is 0 Å². The van der Waals surface area contributed by atoms with Crippen molar-refractivity contribution in [2.24, 2.45) is 0 Å². The van der Waals surface area contributed by atoms with Crippen LogP contribution < -0.4 is 10.6 Å². The second kappa shape index (κ2) is 6.97. The summed E-state index contributed by atoms with van der Waals surface area (Å²) in [5, 5.41) is 6.22. The molecule has 5 heteroatoms. The third kappa shape index (κ3) is 4.58. The molecule has 2 amide bonds. The average molecular weight is 297 g/mol. The number of hydrogen-bond donors (Lipinski definition) is 2. The molecule has 2 fully saturated rings. The highest BCUT2D eigenvalue weighted by molar-refractivity contribution is 5.74. The summed E-state index contributed by atoms with van der Waals surface area (Å²) in [6.45, 7) is 8.44. The van der Waals surface area contributed by atoms with Gasteiger partial charge in [0.25, 0.3) is 0 Å². The Kier molecular flexibility index (Phi) is 5.49. The molecule has 0 unspecified atom stereocenters. The van der Waals surface area contributed by atoms with E-state index in [9.17, 15) is 4.79 Å². The Morgan fingerprint density at radius 3 is 2.81 bits per heavy atom. The number of hydrogen-bond acceptors (Lipinski definition) is 3. The van der Waals surface area contributed by atoms with Gasteiger partial charge in [-0.05, 0) is 53.0 Å². The SMILES string of the molecule is COC(C)(C)C[C@H](C)NC(=O)N[C@@H]1CCN2CCCC[C@H]12. The number of rotatable bonds is 5. The Bertz CT molecular complexity index is 359. The van der Waals surface area contributed by atoms with Crippen molar-refractivity contribution < 1.29 is 9.53 Å². The second-order valence-corrected chi connectivity index (χ2v) is 7.18. The van der Waals surface area contributed by atoms with Crippen LogP contribution in [0.4, 0.5) is 4.79 Å². The first-order valence-corrected chi connectivity index (χ1v) is 8.27. The topological polar surface area (TPSA) is 53.6 Å². The smallest absolute Gasteiger partial charge is 0.315 e. The van der Waals surface area contributed by atoms with Gasteiger partial charge in [-0.25, -0.2) is 4.79 Å². The maximum Gasteiger partial charge on any atom is 0.315 e. The Labute approximate surface area is 128 Å². The third-order valence-electron chi connectivity index (χ3n) is 4.90. The lowest BCUT2D eigenvalue weighted by Gasteiger charge is -2.33. The predicted molar refractivity (Wildman–Crippen MR) is 84.5 cm³/mol. The fourth-order valence-electron chi connectivity index (χ4n) is 3.72. The van der Waals surface area contributed by atoms with E-state index in [2.05, 4.69) is 15.5 Å². The van der Waals surface area contributed by atoms with E-state index in [1.165, 1.54) is 25.8 Å². The third-order valence-corrected chi connectivity index (χ3v) is 4.90. The van der Waals surface area contributed by atoms with Gasteiger partial charge in [0.2, 0.25) is 0 Å². The van der Waals surface area contributed by atoms with Crippen LogP contribution in [0.15, 0.2) is 0 Å². The number of fused-ring (bicyclic) bond motifs is 1. The lowest BCUT2D eigenvalue weighted by atomic mass is 9.99. The van der Waals surface area contributed by atoms with Crippen molar-refractivity contribution in [1.29, 1.82) is 0 Å². The van der Waals surface area contributed by atoms with Crippen LogP contribution in [0.3, 0.4) is 0 Å². The maximum absolute atomic E-state index is 12.2. The fraction of sp³-hybridized carbons (Fsp3) is 0.938. The average Bonchev–Trinajstić information content (AvgIpc) is 2.81. The van der Waals surface area contributed by atoms with Gasteiger partial charge in [-0.15, -0.1) is 0 Å². The Balaban J connectivity index is 1.77. The van der Waals surface area contributed by atoms with Gasteiger partial charge in [-0.1, -0.05) is 6.42 Å². The molecule has 2 aliphatic rings. The number of carbonyl (C=O) groups is 1. The summed E-state index contributed by atoms with van der Waals surface area (Å²) >= 11 is 0. The van der Waals surface area contributed by atoms with E-state index in [1.54, 1.807) is 7.11 Å². The van der Waals surface area contributed by atoms with Crippen LogP contribution in [0, 0.1) is 0 Å². The molecular weight excluding hydrogens is 266 g/mol. The van der Waals surface area contributed by atoms with Crippen LogP contribution in [-0.2, 0) is 4.74 Å². The van der Waals surface area contributed by atoms with E-state index in [1.807, 2.05) is 20.8 Å². The van der Waals surface area contributed by atoms with Crippen molar-refractivity contribution in [3.05, 3.63) is 0 Å². The summed E-state index contributed by atoms with van der Waals surface area (Å²) in [4.78, 5) is 14.7. The number of piperidine rings is 1. The molecule has 2 aliphatic heterocycles. The molecule has 0 bridgehead atoms. The number of nitrogens with one attached hydrogen (secondary N) is 2. The van der Waals surface area contributed by atoms with Crippen molar-refractivity contribution in [3.8, 4) is 0 Å². The van der Waals surface area contributed by atoms with Crippen molar-refractivity contribution in [1.82, 2.24) is 15.5 Å². The fourth-order valence-corrected chi connectivity index (χ4v) is 3.72. The second-order valence-electron chi connectivity index (χ2n) is 7.18. The minimum Gasteiger partial charge on any atom is -0.379 e. The number of ether oxygens (including phenoxy) is 1. The molecular formula is C16H31N3O2. The van der Waals surface area contributed by atoms with Crippen molar-refractivity contribution >= 4 is 6.03 Å². The highest BCUT2D eigenvalue weighted by Gasteiger charge is 2.36. The van der Waals surface area contributed by atoms with Crippen LogP contribution in [0.25, 0.3) is 0 Å². The monoisotopic (exact) mass is 297 g/mol. The van der Waals surface area contributed by atoms with Gasteiger partial charge in [0, 0.05) is 31.8 Å². The minimum atomic E-state index is -0.208. The zero-order valence-corrected chi connectivity index (χ0v) is 13.9. The van der Waals surface area contributed by atoms with Gasteiger partial charge < -0.3 is 15.4 Å². The van der Waals surface area contributed by atoms with Crippen LogP contribution in [0.2, 0.25) is 0 Å². The molecule has 0 aromatic heterocycles. The summed E-state index contributed by atoms with van der Waals surface area (Å²) in [5.74, 6) is 0. The zero-order valence-electron chi connectivity index (χ0n) is 13.9. The van der Waals surface area contributed by atoms with Gasteiger partial charge in [0.15, 0.2) is 0 Å². The standard InChI is InChI=1S/C16H31N3O2/c1-12(11-16(2,3)21-4)17-15(20)18-13-8-10-19-9-6-5-7-14(13)19/h12-14H,5-11H2,1-4H3,(H2,17,18,20)/t12-,13+,14+/m0/s1. The Hall–Kier alpha value is -0.810. The first kappa shape index (κ1) is 16.6. The molecule has 2 saturated heterocycles. The number of urea groups is 1. The quantitative estimate of drug-likeness (QED) is 0.817. The molecule has 5 nitrogen and oxygen atoms in total. The molecule has 2 heterocycles. The molecule has 0 aromatic rings. The summed E-state index contributed by atoms with van der Waals surface area (Å²) < 4.78 is 5.42. The molecule has 2 rings (SSSR count). The first-order chi connectivity index (χ1) is 9.91. The Morgan fingerprint density at radius 1 is 1.33 bits per heavy atom. The number of nitrogens with zero attached hydrogens (tertiary/aromatic N) is 1. The van der Waals surface area contributed by atoms with Crippen LogP contribution in [-0.4, -0.2) is 54.9 Å². The first-order valence-electron chi connectivity index (χ1n) is 8.27. The number of amides is 2. The number of methoxy groups -OCH3 is 1. The van der Waals surface area contributed by atoms with Crippen LogP contribution in [0.5, 0.6) is 0 Å². The zero-order chi connectivity index (χ0) is 15.5. The Morgan fingerprint density at radius 2 is 2.10 bits per heavy atom. The minimum absolute atomic E-state index is 0.0353. The van der Waals surface area contributed by atoms with E-state index < -0.39 is 0 Å². The van der Waals surface area contributed by atoms with Crippen LogP contribution in [0.1, 0.15) is 52.9 Å². The molecule has 21 heavy (non-hydrogen) atoms. The summed E-state index contributed by atoms with van der Waals surface area (Å²) in [7, 11) is 1.71. The van der Waals surface area contributed by atoms with E-state index in [-0.39, 0.29) is 17.7 Å². The van der Waals surface area contributed by atoms with Gasteiger partial charge in [-0.3, -0.25) is 4.90 Å². The van der Waals surface area contributed by atoms with E-state index in [0.717, 1.165) is 19.4 Å². The van der Waals surface area contributed by atoms with Crippen molar-refractivity contribution in [3.63, 3.8) is 0 Å². The molecule has 0 saturated carbocycles. The normalized spacial score (nSPS) is 28.0. The predicted octanol–water partition coefficient (Wildman–Crippen LogP) is 2.12. The molecule has 122 valence electrons. The molecule has 2 N–H and O–H groups in total. The van der Waals surface area contributed by atoms with E-state index in [4.69, 9.17) is 4.74 Å². The lowest BCUT2D eigenvalue weighted by molar-refractivity contribution is 0.00947. The number of carbonyl (C=O) groups excluding carboxylic acids is 1. The van der Waals surface area contributed by atoms with Crippen molar-refractivity contribution in [2.45, 2.75) is 76.6 Å². The van der Waals surface area contributed by atoms with E-state index >= 15 is 0 Å². The lowest BCUT2D eigenvalue weighted by Crippen LogP contribution is -2.51. The maximum atomic E-state index is 12.2. The van der Waals surface area contributed by atoms with Gasteiger partial charge >= 0.3 is 6.03 Å². The molecule has 0 aliphatic carbocycles.